The van der Waals surface area contributed by atoms with Gasteiger partial charge in [0.1, 0.15) is 0 Å². The van der Waals surface area contributed by atoms with Crippen LogP contribution in [0.15, 0.2) is 6.07 Å². The molecule has 0 aromatic carbocycles. The summed E-state index contributed by atoms with van der Waals surface area (Å²) in [5.41, 5.74) is 4.23. The van der Waals surface area contributed by atoms with Crippen molar-refractivity contribution in [2.75, 3.05) is 0 Å². The lowest BCUT2D eigenvalue weighted by atomic mass is 10.0. The van der Waals surface area contributed by atoms with E-state index < -0.39 is 0 Å². The third-order valence-electron chi connectivity index (χ3n) is 2.44. The summed E-state index contributed by atoms with van der Waals surface area (Å²) in [5, 5.41) is 0. The predicted molar refractivity (Wildman–Crippen MR) is 49.0 cm³/mol. The third kappa shape index (κ3) is 1.32. The maximum atomic E-state index is 2.28. The molecule has 0 radical (unpaired) electrons. The molecule has 0 saturated carbocycles. The molecule has 1 aromatic heterocycles. The lowest BCUT2D eigenvalue weighted by Gasteiger charge is -2.04. The Balaban J connectivity index is 3.19. The molecule has 0 aliphatic rings. The maximum absolute atomic E-state index is 2.28. The first-order valence-corrected chi connectivity index (χ1v) is 4.17. The third-order valence-corrected chi connectivity index (χ3v) is 2.44. The lowest BCUT2D eigenvalue weighted by Crippen LogP contribution is -1.95. The highest BCUT2D eigenvalue weighted by molar-refractivity contribution is 5.28. The Morgan fingerprint density at radius 3 is 2.00 bits per heavy atom. The van der Waals surface area contributed by atoms with E-state index in [1.54, 1.807) is 0 Å². The minimum atomic E-state index is 0.648. The number of nitrogens with zero attached hydrogens (tertiary/aromatic N) is 1. The highest BCUT2D eigenvalue weighted by Crippen LogP contribution is 2.21. The van der Waals surface area contributed by atoms with Gasteiger partial charge in [-0.25, -0.2) is 0 Å². The van der Waals surface area contributed by atoms with Crippen LogP contribution in [0.25, 0.3) is 0 Å². The number of aryl methyl sites for hydroxylation is 1. The molecule has 0 aliphatic carbocycles. The van der Waals surface area contributed by atoms with Gasteiger partial charge in [0.2, 0.25) is 0 Å². The van der Waals surface area contributed by atoms with Gasteiger partial charge in [-0.2, -0.15) is 0 Å². The molecule has 0 bridgehead atoms. The summed E-state index contributed by atoms with van der Waals surface area (Å²) in [4.78, 5) is 0. The molecule has 0 aliphatic heterocycles. The fourth-order valence-corrected chi connectivity index (χ4v) is 1.47. The highest BCUT2D eigenvalue weighted by Gasteiger charge is 2.07. The Labute approximate surface area is 69.0 Å². The van der Waals surface area contributed by atoms with Crippen molar-refractivity contribution >= 4 is 0 Å². The summed E-state index contributed by atoms with van der Waals surface area (Å²) >= 11 is 0. The van der Waals surface area contributed by atoms with Gasteiger partial charge >= 0.3 is 0 Å². The van der Waals surface area contributed by atoms with Crippen LogP contribution in [0.1, 0.15) is 36.7 Å². The topological polar surface area (TPSA) is 4.93 Å². The predicted octanol–water partition coefficient (Wildman–Crippen LogP) is 2.77. The molecular weight excluding hydrogens is 134 g/mol. The van der Waals surface area contributed by atoms with Crippen LogP contribution in [-0.4, -0.2) is 4.57 Å². The van der Waals surface area contributed by atoms with Crippen LogP contribution < -0.4 is 0 Å². The van der Waals surface area contributed by atoms with E-state index in [2.05, 4.69) is 45.4 Å². The first-order chi connectivity index (χ1) is 5.04. The molecule has 62 valence electrons. The van der Waals surface area contributed by atoms with Crippen molar-refractivity contribution in [1.82, 2.24) is 4.57 Å². The monoisotopic (exact) mass is 151 g/mol. The molecule has 0 fully saturated rings. The Hall–Kier alpha value is -0.720. The average molecular weight is 151 g/mol. The molecule has 0 spiro atoms. The van der Waals surface area contributed by atoms with Gasteiger partial charge in [-0.3, -0.25) is 0 Å². The quantitative estimate of drug-likeness (QED) is 0.581. The second kappa shape index (κ2) is 2.72. The molecule has 0 saturated heterocycles. The van der Waals surface area contributed by atoms with Crippen LogP contribution in [0.4, 0.5) is 0 Å². The lowest BCUT2D eigenvalue weighted by molar-refractivity contribution is 0.806. The average Bonchev–Trinajstić information content (AvgIpc) is 2.17. The van der Waals surface area contributed by atoms with Gasteiger partial charge < -0.3 is 4.57 Å². The van der Waals surface area contributed by atoms with E-state index in [-0.39, 0.29) is 0 Å². The molecule has 0 N–H and O–H groups in total. The van der Waals surface area contributed by atoms with Crippen molar-refractivity contribution in [2.45, 2.75) is 33.6 Å². The molecule has 1 rings (SSSR count). The van der Waals surface area contributed by atoms with Gasteiger partial charge in [-0.1, -0.05) is 13.8 Å². The number of aromatic nitrogens is 1. The molecule has 1 heterocycles. The van der Waals surface area contributed by atoms with Crippen LogP contribution in [0.2, 0.25) is 0 Å². The van der Waals surface area contributed by atoms with Gasteiger partial charge in [-0.05, 0) is 31.4 Å². The van der Waals surface area contributed by atoms with Gasteiger partial charge in [0.15, 0.2) is 0 Å². The normalized spacial score (nSPS) is 11.1. The van der Waals surface area contributed by atoms with Crippen molar-refractivity contribution in [3.05, 3.63) is 23.0 Å². The number of rotatable bonds is 1. The van der Waals surface area contributed by atoms with Crippen molar-refractivity contribution in [1.29, 1.82) is 0 Å². The maximum Gasteiger partial charge on any atom is 0.0178 e. The SMILES string of the molecule is Cc1cc(C(C)C)c(C)n1C. The van der Waals surface area contributed by atoms with E-state index in [0.29, 0.717) is 5.92 Å². The van der Waals surface area contributed by atoms with Gasteiger partial charge in [0, 0.05) is 18.4 Å². The van der Waals surface area contributed by atoms with Crippen molar-refractivity contribution < 1.29 is 0 Å². The molecule has 1 aromatic rings. The Morgan fingerprint density at radius 1 is 1.27 bits per heavy atom. The molecule has 11 heavy (non-hydrogen) atoms. The summed E-state index contributed by atoms with van der Waals surface area (Å²) in [6.07, 6.45) is 0. The van der Waals surface area contributed by atoms with E-state index in [4.69, 9.17) is 0 Å². The standard InChI is InChI=1S/C10H17N/c1-7(2)10-6-8(3)11(5)9(10)4/h6-7H,1-5H3. The molecule has 1 nitrogen and oxygen atoms in total. The summed E-state index contributed by atoms with van der Waals surface area (Å²) in [5.74, 6) is 0.648. The van der Waals surface area contributed by atoms with E-state index >= 15 is 0 Å². The first kappa shape index (κ1) is 8.38. The second-order valence-corrected chi connectivity index (χ2v) is 3.54. The summed E-state index contributed by atoms with van der Waals surface area (Å²) < 4.78 is 2.25. The smallest absolute Gasteiger partial charge is 0.0178 e. The molecule has 0 amide bonds. The molecular formula is C10H17N. The van der Waals surface area contributed by atoms with Gasteiger partial charge in [0.25, 0.3) is 0 Å². The number of hydrogen-bond acceptors (Lipinski definition) is 0. The van der Waals surface area contributed by atoms with Crippen LogP contribution in [-0.2, 0) is 7.05 Å². The zero-order chi connectivity index (χ0) is 8.59. The molecule has 0 unspecified atom stereocenters. The summed E-state index contributed by atoms with van der Waals surface area (Å²) in [6.45, 7) is 8.81. The van der Waals surface area contributed by atoms with Gasteiger partial charge in [-0.15, -0.1) is 0 Å². The fraction of sp³-hybridized carbons (Fsp3) is 0.600. The minimum Gasteiger partial charge on any atom is -0.352 e. The minimum absolute atomic E-state index is 0.648. The zero-order valence-electron chi connectivity index (χ0n) is 8.10. The van der Waals surface area contributed by atoms with Crippen molar-refractivity contribution in [3.8, 4) is 0 Å². The van der Waals surface area contributed by atoms with Gasteiger partial charge in [0.05, 0.1) is 0 Å². The van der Waals surface area contributed by atoms with E-state index in [1.165, 1.54) is 17.0 Å². The number of hydrogen-bond donors (Lipinski definition) is 0. The summed E-state index contributed by atoms with van der Waals surface area (Å²) in [7, 11) is 2.12. The van der Waals surface area contributed by atoms with Crippen molar-refractivity contribution in [3.63, 3.8) is 0 Å². The van der Waals surface area contributed by atoms with Crippen LogP contribution in [0, 0.1) is 13.8 Å². The van der Waals surface area contributed by atoms with E-state index in [0.717, 1.165) is 0 Å². The second-order valence-electron chi connectivity index (χ2n) is 3.54. The van der Waals surface area contributed by atoms with E-state index in [9.17, 15) is 0 Å². The Morgan fingerprint density at radius 2 is 1.82 bits per heavy atom. The first-order valence-electron chi connectivity index (χ1n) is 4.17. The molecule has 1 heteroatoms. The Kier molecular flexibility index (Phi) is 2.08. The Bertz CT molecular complexity index is 256. The highest BCUT2D eigenvalue weighted by atomic mass is 14.9. The molecule has 0 atom stereocenters. The van der Waals surface area contributed by atoms with E-state index in [1.807, 2.05) is 0 Å². The zero-order valence-corrected chi connectivity index (χ0v) is 8.10. The fourth-order valence-electron chi connectivity index (χ4n) is 1.47. The van der Waals surface area contributed by atoms with Crippen LogP contribution >= 0.6 is 0 Å². The van der Waals surface area contributed by atoms with Crippen LogP contribution in [0.5, 0.6) is 0 Å². The summed E-state index contributed by atoms with van der Waals surface area (Å²) in [6, 6.07) is 2.28. The van der Waals surface area contributed by atoms with Crippen LogP contribution in [0.3, 0.4) is 0 Å². The van der Waals surface area contributed by atoms with Crippen molar-refractivity contribution in [2.24, 2.45) is 7.05 Å². The largest absolute Gasteiger partial charge is 0.352 e.